The predicted octanol–water partition coefficient (Wildman–Crippen LogP) is 9.97. The lowest BCUT2D eigenvalue weighted by Gasteiger charge is -2.10. The quantitative estimate of drug-likeness (QED) is 0.208. The molecule has 2 heterocycles. The molecule has 0 fully saturated rings. The smallest absolute Gasteiger partial charge is 0.206 e. The SMILES string of the molecule is [C-]#[N+]c1cc(-n2c3ccccc3c3cc(-c4ccc5c(c4)c4ccccc4n5-c4ccccc4)ccc32)ccc1C#N. The second-order valence-corrected chi connectivity index (χ2v) is 10.4. The second kappa shape index (κ2) is 9.24. The fourth-order valence-electron chi connectivity index (χ4n) is 6.28. The first-order valence-corrected chi connectivity index (χ1v) is 13.8. The molecule has 0 aliphatic rings. The van der Waals surface area contributed by atoms with Gasteiger partial charge in [0.2, 0.25) is 5.69 Å². The van der Waals surface area contributed by atoms with Gasteiger partial charge < -0.3 is 9.13 Å². The largest absolute Gasteiger partial charge is 0.311 e. The van der Waals surface area contributed by atoms with Crippen molar-refractivity contribution in [3.8, 4) is 28.6 Å². The van der Waals surface area contributed by atoms with Crippen molar-refractivity contribution in [2.24, 2.45) is 0 Å². The Bertz CT molecular complexity index is 2430. The predicted molar refractivity (Wildman–Crippen MR) is 172 cm³/mol. The molecule has 0 saturated heterocycles. The molecule has 4 nitrogen and oxygen atoms in total. The Kier molecular flexibility index (Phi) is 5.22. The molecule has 8 rings (SSSR count). The van der Waals surface area contributed by atoms with Gasteiger partial charge in [0.05, 0.1) is 40.3 Å². The van der Waals surface area contributed by atoms with Gasteiger partial charge in [-0.3, -0.25) is 0 Å². The summed E-state index contributed by atoms with van der Waals surface area (Å²) in [6.07, 6.45) is 0. The topological polar surface area (TPSA) is 38.0 Å². The summed E-state index contributed by atoms with van der Waals surface area (Å²) in [4.78, 5) is 3.61. The van der Waals surface area contributed by atoms with Gasteiger partial charge >= 0.3 is 0 Å². The molecule has 0 N–H and O–H groups in total. The molecule has 42 heavy (non-hydrogen) atoms. The van der Waals surface area contributed by atoms with Crippen LogP contribution >= 0.6 is 0 Å². The molecule has 194 valence electrons. The minimum Gasteiger partial charge on any atom is -0.311 e. The number of aromatic nitrogens is 2. The molecule has 0 spiro atoms. The van der Waals surface area contributed by atoms with Crippen LogP contribution in [0.5, 0.6) is 0 Å². The van der Waals surface area contributed by atoms with Crippen LogP contribution in [0.4, 0.5) is 5.69 Å². The molecule has 6 aromatic carbocycles. The van der Waals surface area contributed by atoms with Crippen LogP contribution < -0.4 is 0 Å². The van der Waals surface area contributed by atoms with Crippen LogP contribution in [-0.4, -0.2) is 9.13 Å². The number of para-hydroxylation sites is 3. The number of rotatable bonds is 3. The summed E-state index contributed by atoms with van der Waals surface area (Å²) in [5, 5.41) is 14.2. The fourth-order valence-corrected chi connectivity index (χ4v) is 6.28. The van der Waals surface area contributed by atoms with E-state index in [1.54, 1.807) is 6.07 Å². The summed E-state index contributed by atoms with van der Waals surface area (Å²) < 4.78 is 4.52. The van der Waals surface area contributed by atoms with Gasteiger partial charge in [0, 0.05) is 32.9 Å². The van der Waals surface area contributed by atoms with Crippen LogP contribution in [0.3, 0.4) is 0 Å². The minimum atomic E-state index is 0.362. The van der Waals surface area contributed by atoms with Gasteiger partial charge in [0.1, 0.15) is 0 Å². The Morgan fingerprint density at radius 2 is 1.02 bits per heavy atom. The molecule has 8 aromatic rings. The summed E-state index contributed by atoms with van der Waals surface area (Å²) in [7, 11) is 0. The van der Waals surface area contributed by atoms with Gasteiger partial charge in [-0.05, 0) is 71.8 Å². The molecular formula is C38H22N4. The average molecular weight is 535 g/mol. The van der Waals surface area contributed by atoms with Crippen molar-refractivity contribution in [3.63, 3.8) is 0 Å². The van der Waals surface area contributed by atoms with Crippen molar-refractivity contribution in [2.45, 2.75) is 0 Å². The molecular weight excluding hydrogens is 512 g/mol. The third kappa shape index (κ3) is 3.47. The number of nitrogens with zero attached hydrogens (tertiary/aromatic N) is 4. The van der Waals surface area contributed by atoms with Crippen molar-refractivity contribution < 1.29 is 0 Å². The zero-order valence-corrected chi connectivity index (χ0v) is 22.5. The zero-order chi connectivity index (χ0) is 28.2. The summed E-state index contributed by atoms with van der Waals surface area (Å²) in [5.41, 5.74) is 9.56. The van der Waals surface area contributed by atoms with E-state index in [-0.39, 0.29) is 0 Å². The van der Waals surface area contributed by atoms with Gasteiger partial charge in [-0.15, -0.1) is 0 Å². The molecule has 0 unspecified atom stereocenters. The lowest BCUT2D eigenvalue weighted by molar-refractivity contribution is 1.18. The van der Waals surface area contributed by atoms with E-state index in [0.29, 0.717) is 11.3 Å². The highest BCUT2D eigenvalue weighted by molar-refractivity contribution is 6.12. The molecule has 2 aromatic heterocycles. The van der Waals surface area contributed by atoms with Crippen molar-refractivity contribution in [1.29, 1.82) is 5.26 Å². The number of nitriles is 1. The molecule has 0 bridgehead atoms. The maximum absolute atomic E-state index is 9.44. The first-order valence-electron chi connectivity index (χ1n) is 13.8. The number of fused-ring (bicyclic) bond motifs is 6. The lowest BCUT2D eigenvalue weighted by Crippen LogP contribution is -1.94. The molecule has 0 radical (unpaired) electrons. The Morgan fingerprint density at radius 1 is 0.500 bits per heavy atom. The minimum absolute atomic E-state index is 0.362. The summed E-state index contributed by atoms with van der Waals surface area (Å²) in [5.74, 6) is 0. The first-order chi connectivity index (χ1) is 20.7. The van der Waals surface area contributed by atoms with Gasteiger partial charge in [0.15, 0.2) is 0 Å². The Hall–Kier alpha value is -6.10. The van der Waals surface area contributed by atoms with Crippen LogP contribution in [0.15, 0.2) is 133 Å². The van der Waals surface area contributed by atoms with E-state index in [1.807, 2.05) is 24.3 Å². The van der Waals surface area contributed by atoms with Crippen LogP contribution in [0, 0.1) is 17.9 Å². The standard InChI is InChI=1S/C38H22N4/c1-40-34-23-29(18-15-27(34)24-39)42-36-14-8-6-12-31(36)33-22-26(17-20-38(33)42)25-16-19-37-32(21-25)30-11-5-7-13-35(30)41(37)28-9-3-2-4-10-28/h2-23H. The maximum Gasteiger partial charge on any atom is 0.206 e. The monoisotopic (exact) mass is 534 g/mol. The van der Waals surface area contributed by atoms with E-state index in [0.717, 1.165) is 44.3 Å². The second-order valence-electron chi connectivity index (χ2n) is 10.4. The van der Waals surface area contributed by atoms with Crippen LogP contribution in [-0.2, 0) is 0 Å². The van der Waals surface area contributed by atoms with Crippen molar-refractivity contribution in [3.05, 3.63) is 150 Å². The van der Waals surface area contributed by atoms with Gasteiger partial charge in [-0.1, -0.05) is 72.8 Å². The Labute approximate surface area is 242 Å². The van der Waals surface area contributed by atoms with E-state index in [1.165, 1.54) is 21.8 Å². The lowest BCUT2D eigenvalue weighted by atomic mass is 10.0. The first kappa shape index (κ1) is 23.8. The maximum atomic E-state index is 9.44. The number of hydrogen-bond donors (Lipinski definition) is 0. The molecule has 0 amide bonds. The highest BCUT2D eigenvalue weighted by Gasteiger charge is 2.16. The molecule has 0 atom stereocenters. The van der Waals surface area contributed by atoms with Gasteiger partial charge in [-0.25, -0.2) is 4.85 Å². The fraction of sp³-hybridized carbons (Fsp3) is 0. The van der Waals surface area contributed by atoms with Gasteiger partial charge in [0.25, 0.3) is 0 Å². The van der Waals surface area contributed by atoms with Crippen LogP contribution in [0.2, 0.25) is 0 Å². The third-order valence-corrected chi connectivity index (χ3v) is 8.17. The summed E-state index contributed by atoms with van der Waals surface area (Å²) >= 11 is 0. The number of hydrogen-bond acceptors (Lipinski definition) is 1. The Morgan fingerprint density at radius 3 is 1.60 bits per heavy atom. The number of benzene rings is 6. The average Bonchev–Trinajstić information content (AvgIpc) is 3.57. The zero-order valence-electron chi connectivity index (χ0n) is 22.5. The van der Waals surface area contributed by atoms with Crippen molar-refractivity contribution >= 4 is 49.3 Å². The molecule has 0 aliphatic heterocycles. The Balaban J connectivity index is 1.34. The third-order valence-electron chi connectivity index (χ3n) is 8.17. The molecule has 0 saturated carbocycles. The van der Waals surface area contributed by atoms with E-state index < -0.39 is 0 Å². The van der Waals surface area contributed by atoms with E-state index in [4.69, 9.17) is 6.57 Å². The molecule has 0 aliphatic carbocycles. The normalized spacial score (nSPS) is 11.3. The highest BCUT2D eigenvalue weighted by atomic mass is 15.0. The van der Waals surface area contributed by atoms with E-state index in [2.05, 4.69) is 123 Å². The van der Waals surface area contributed by atoms with E-state index in [9.17, 15) is 5.26 Å². The van der Waals surface area contributed by atoms with Gasteiger partial charge in [-0.2, -0.15) is 5.26 Å². The van der Waals surface area contributed by atoms with Crippen molar-refractivity contribution in [1.82, 2.24) is 9.13 Å². The van der Waals surface area contributed by atoms with Crippen LogP contribution in [0.25, 0.3) is 71.0 Å². The summed E-state index contributed by atoms with van der Waals surface area (Å²) in [6, 6.07) is 48.4. The van der Waals surface area contributed by atoms with Crippen molar-refractivity contribution in [2.75, 3.05) is 0 Å². The molecule has 4 heteroatoms. The van der Waals surface area contributed by atoms with E-state index >= 15 is 0 Å². The summed E-state index contributed by atoms with van der Waals surface area (Å²) in [6.45, 7) is 7.58. The highest BCUT2D eigenvalue weighted by Crippen LogP contribution is 2.38. The van der Waals surface area contributed by atoms with Crippen LogP contribution in [0.1, 0.15) is 5.56 Å².